The van der Waals surface area contributed by atoms with E-state index < -0.39 is 10.8 Å². The van der Waals surface area contributed by atoms with Crippen LogP contribution in [-0.2, 0) is 9.59 Å². The Hall–Kier alpha value is -2.02. The number of amides is 2. The highest BCUT2D eigenvalue weighted by atomic mass is 32.2. The summed E-state index contributed by atoms with van der Waals surface area (Å²) in [5.74, 6) is -0.399. The Morgan fingerprint density at radius 1 is 1.08 bits per heavy atom. The smallest absolute Gasteiger partial charge is 0.257 e. The Morgan fingerprint density at radius 2 is 1.69 bits per heavy atom. The standard InChI is InChI=1S/C19H27N3O3S/c1-18(2,3)21-15(23)11-14(16(24)22-19(4,5)6)26-17-20-12-9-7-8-10-13(12)25-17/h7-10,14H,11H2,1-6H3,(H,21,23)(H,22,24). The van der Waals surface area contributed by atoms with E-state index in [0.717, 1.165) is 5.52 Å². The fourth-order valence-electron chi connectivity index (χ4n) is 2.30. The van der Waals surface area contributed by atoms with E-state index in [-0.39, 0.29) is 23.8 Å². The van der Waals surface area contributed by atoms with Gasteiger partial charge in [0, 0.05) is 17.5 Å². The van der Waals surface area contributed by atoms with Crippen molar-refractivity contribution in [3.63, 3.8) is 0 Å². The maximum atomic E-state index is 12.7. The van der Waals surface area contributed by atoms with Gasteiger partial charge in [-0.1, -0.05) is 23.9 Å². The lowest BCUT2D eigenvalue weighted by Crippen LogP contribution is -2.47. The van der Waals surface area contributed by atoms with Crippen LogP contribution in [0.4, 0.5) is 0 Å². The summed E-state index contributed by atoms with van der Waals surface area (Å²) >= 11 is 1.17. The average Bonchev–Trinajstić information content (AvgIpc) is 2.84. The molecule has 0 aliphatic rings. The van der Waals surface area contributed by atoms with E-state index in [0.29, 0.717) is 10.8 Å². The van der Waals surface area contributed by atoms with Gasteiger partial charge >= 0.3 is 0 Å². The van der Waals surface area contributed by atoms with Gasteiger partial charge in [0.15, 0.2) is 5.58 Å². The number of oxazole rings is 1. The molecule has 1 aromatic heterocycles. The van der Waals surface area contributed by atoms with E-state index in [9.17, 15) is 9.59 Å². The molecule has 0 aliphatic carbocycles. The van der Waals surface area contributed by atoms with E-state index in [1.807, 2.05) is 65.8 Å². The quantitative estimate of drug-likeness (QED) is 0.779. The molecule has 2 rings (SSSR count). The van der Waals surface area contributed by atoms with E-state index in [2.05, 4.69) is 15.6 Å². The molecule has 1 aromatic carbocycles. The number of benzene rings is 1. The van der Waals surface area contributed by atoms with Crippen LogP contribution in [-0.4, -0.2) is 33.1 Å². The van der Waals surface area contributed by atoms with Crippen LogP contribution in [0.1, 0.15) is 48.0 Å². The second kappa shape index (κ2) is 7.70. The fourth-order valence-corrected chi connectivity index (χ4v) is 3.23. The summed E-state index contributed by atoms with van der Waals surface area (Å²) in [4.78, 5) is 29.4. The molecule has 2 amide bonds. The van der Waals surface area contributed by atoms with Crippen molar-refractivity contribution in [1.82, 2.24) is 15.6 Å². The molecule has 2 aromatic rings. The number of para-hydroxylation sites is 2. The molecule has 2 N–H and O–H groups in total. The third-order valence-electron chi connectivity index (χ3n) is 3.19. The van der Waals surface area contributed by atoms with Crippen LogP contribution >= 0.6 is 11.8 Å². The number of fused-ring (bicyclic) bond motifs is 1. The van der Waals surface area contributed by atoms with Crippen molar-refractivity contribution in [2.24, 2.45) is 0 Å². The van der Waals surface area contributed by atoms with Crippen molar-refractivity contribution in [2.45, 2.75) is 69.5 Å². The van der Waals surface area contributed by atoms with Gasteiger partial charge in [0.2, 0.25) is 11.8 Å². The predicted octanol–water partition coefficient (Wildman–Crippen LogP) is 3.51. The monoisotopic (exact) mass is 377 g/mol. The predicted molar refractivity (Wildman–Crippen MR) is 104 cm³/mol. The minimum atomic E-state index is -0.635. The van der Waals surface area contributed by atoms with Crippen molar-refractivity contribution >= 4 is 34.7 Å². The molecule has 1 atom stereocenters. The van der Waals surface area contributed by atoms with Gasteiger partial charge in [0.25, 0.3) is 5.22 Å². The molecule has 0 fully saturated rings. The number of hydrogen-bond donors (Lipinski definition) is 2. The van der Waals surface area contributed by atoms with Crippen LogP contribution in [0, 0.1) is 0 Å². The Kier molecular flexibility index (Phi) is 6.01. The van der Waals surface area contributed by atoms with Gasteiger partial charge in [-0.25, -0.2) is 4.98 Å². The Bertz CT molecular complexity index is 754. The number of thioether (sulfide) groups is 1. The lowest BCUT2D eigenvalue weighted by molar-refractivity contribution is -0.127. The third kappa shape index (κ3) is 6.37. The van der Waals surface area contributed by atoms with Gasteiger partial charge in [0.1, 0.15) is 10.8 Å². The average molecular weight is 378 g/mol. The van der Waals surface area contributed by atoms with Crippen LogP contribution in [0.2, 0.25) is 0 Å². The molecule has 1 heterocycles. The number of carbonyl (C=O) groups is 2. The number of carbonyl (C=O) groups excluding carboxylic acids is 2. The van der Waals surface area contributed by atoms with Crippen LogP contribution in [0.5, 0.6) is 0 Å². The number of aromatic nitrogens is 1. The number of nitrogens with zero attached hydrogens (tertiary/aromatic N) is 1. The Labute approximate surface area is 158 Å². The van der Waals surface area contributed by atoms with Crippen LogP contribution in [0.15, 0.2) is 33.9 Å². The first-order chi connectivity index (χ1) is 11.9. The lowest BCUT2D eigenvalue weighted by atomic mass is 10.1. The minimum Gasteiger partial charge on any atom is -0.431 e. The Morgan fingerprint density at radius 3 is 2.27 bits per heavy atom. The maximum Gasteiger partial charge on any atom is 0.257 e. The minimum absolute atomic E-state index is 0.0442. The summed E-state index contributed by atoms with van der Waals surface area (Å²) in [6.07, 6.45) is 0.0442. The van der Waals surface area contributed by atoms with Gasteiger partial charge in [-0.05, 0) is 53.7 Å². The number of rotatable bonds is 5. The number of nitrogens with one attached hydrogen (secondary N) is 2. The van der Waals surface area contributed by atoms with Gasteiger partial charge in [0.05, 0.1) is 0 Å². The SMILES string of the molecule is CC(C)(C)NC(=O)CC(Sc1nc2ccccc2o1)C(=O)NC(C)(C)C. The highest BCUT2D eigenvalue weighted by Crippen LogP contribution is 2.29. The van der Waals surface area contributed by atoms with Crippen molar-refractivity contribution in [3.8, 4) is 0 Å². The molecular formula is C19H27N3O3S. The second-order valence-electron chi connectivity index (χ2n) is 8.30. The molecule has 7 heteroatoms. The molecule has 0 bridgehead atoms. The zero-order chi connectivity index (χ0) is 19.5. The Balaban J connectivity index is 2.18. The zero-order valence-electron chi connectivity index (χ0n) is 16.2. The first-order valence-electron chi connectivity index (χ1n) is 8.58. The summed E-state index contributed by atoms with van der Waals surface area (Å²) in [6, 6.07) is 7.41. The number of hydrogen-bond acceptors (Lipinski definition) is 5. The van der Waals surface area contributed by atoms with E-state index in [1.54, 1.807) is 0 Å². The van der Waals surface area contributed by atoms with Crippen molar-refractivity contribution < 1.29 is 14.0 Å². The topological polar surface area (TPSA) is 84.2 Å². The fraction of sp³-hybridized carbons (Fsp3) is 0.526. The maximum absolute atomic E-state index is 12.7. The second-order valence-corrected chi connectivity index (χ2v) is 9.45. The molecular weight excluding hydrogens is 350 g/mol. The normalized spacial score (nSPS) is 13.5. The molecule has 0 saturated heterocycles. The van der Waals surface area contributed by atoms with Gasteiger partial charge in [-0.2, -0.15) is 0 Å². The first kappa shape index (κ1) is 20.3. The summed E-state index contributed by atoms with van der Waals surface area (Å²) in [6.45, 7) is 11.4. The third-order valence-corrected chi connectivity index (χ3v) is 4.23. The molecule has 0 aliphatic heterocycles. The van der Waals surface area contributed by atoms with Crippen molar-refractivity contribution in [2.75, 3.05) is 0 Å². The molecule has 0 saturated carbocycles. The summed E-state index contributed by atoms with van der Waals surface area (Å²) in [5.41, 5.74) is 0.635. The molecule has 0 spiro atoms. The molecule has 6 nitrogen and oxygen atoms in total. The van der Waals surface area contributed by atoms with E-state index in [1.165, 1.54) is 11.8 Å². The van der Waals surface area contributed by atoms with E-state index in [4.69, 9.17) is 4.42 Å². The molecule has 26 heavy (non-hydrogen) atoms. The molecule has 142 valence electrons. The summed E-state index contributed by atoms with van der Waals surface area (Å²) in [7, 11) is 0. The van der Waals surface area contributed by atoms with Gasteiger partial charge < -0.3 is 15.1 Å². The highest BCUT2D eigenvalue weighted by molar-refractivity contribution is 8.00. The largest absolute Gasteiger partial charge is 0.431 e. The lowest BCUT2D eigenvalue weighted by Gasteiger charge is -2.25. The van der Waals surface area contributed by atoms with E-state index >= 15 is 0 Å². The van der Waals surface area contributed by atoms with Gasteiger partial charge in [-0.15, -0.1) is 0 Å². The van der Waals surface area contributed by atoms with Crippen LogP contribution in [0.25, 0.3) is 11.1 Å². The summed E-state index contributed by atoms with van der Waals surface area (Å²) < 4.78 is 5.70. The van der Waals surface area contributed by atoms with Crippen LogP contribution < -0.4 is 10.6 Å². The summed E-state index contributed by atoms with van der Waals surface area (Å²) in [5, 5.41) is 5.57. The van der Waals surface area contributed by atoms with Crippen LogP contribution in [0.3, 0.4) is 0 Å². The highest BCUT2D eigenvalue weighted by Gasteiger charge is 2.29. The van der Waals surface area contributed by atoms with Gasteiger partial charge in [-0.3, -0.25) is 9.59 Å². The van der Waals surface area contributed by atoms with Crippen molar-refractivity contribution in [3.05, 3.63) is 24.3 Å². The van der Waals surface area contributed by atoms with Crippen molar-refractivity contribution in [1.29, 1.82) is 0 Å². The molecule has 1 unspecified atom stereocenters. The molecule has 0 radical (unpaired) electrons. The first-order valence-corrected chi connectivity index (χ1v) is 9.46. The zero-order valence-corrected chi connectivity index (χ0v) is 17.0.